The number of nitrogens with zero attached hydrogens (tertiary/aromatic N) is 1. The first kappa shape index (κ1) is 9.68. The molecule has 0 saturated carbocycles. The summed E-state index contributed by atoms with van der Waals surface area (Å²) in [5.74, 6) is 0. The van der Waals surface area contributed by atoms with Crippen LogP contribution in [0.3, 0.4) is 0 Å². The standard InChI is InChI=1S/C14H16N2O/c1-16-5-6-17-14-10-8-15-11-4-2-3-9(13(10)11)7-12(14)16/h2-4,8,12,14-15H,5-7H2,1H3/t12-,14-/m1/s1. The maximum absolute atomic E-state index is 6.00. The van der Waals surface area contributed by atoms with Crippen molar-refractivity contribution in [2.75, 3.05) is 20.2 Å². The summed E-state index contributed by atoms with van der Waals surface area (Å²) in [6, 6.07) is 7.04. The largest absolute Gasteiger partial charge is 0.370 e. The molecule has 2 aliphatic rings. The molecule has 0 radical (unpaired) electrons. The molecule has 17 heavy (non-hydrogen) atoms. The van der Waals surface area contributed by atoms with Gasteiger partial charge in [-0.15, -0.1) is 0 Å². The number of hydrogen-bond acceptors (Lipinski definition) is 2. The Morgan fingerprint density at radius 2 is 2.35 bits per heavy atom. The normalized spacial score (nSPS) is 28.3. The fraction of sp³-hybridized carbons (Fsp3) is 0.429. The van der Waals surface area contributed by atoms with Crippen LogP contribution >= 0.6 is 0 Å². The number of fused-ring (bicyclic) bond motifs is 2. The Morgan fingerprint density at radius 3 is 3.29 bits per heavy atom. The van der Waals surface area contributed by atoms with Crippen molar-refractivity contribution in [3.63, 3.8) is 0 Å². The van der Waals surface area contributed by atoms with Crippen LogP contribution in [0.2, 0.25) is 0 Å². The van der Waals surface area contributed by atoms with Crippen LogP contribution in [0.5, 0.6) is 0 Å². The second-order valence-electron chi connectivity index (χ2n) is 5.13. The average Bonchev–Trinajstić information content (AvgIpc) is 2.77. The lowest BCUT2D eigenvalue weighted by Gasteiger charge is -2.41. The molecular weight excluding hydrogens is 212 g/mol. The van der Waals surface area contributed by atoms with E-state index in [9.17, 15) is 0 Å². The second-order valence-corrected chi connectivity index (χ2v) is 5.13. The number of nitrogens with one attached hydrogen (secondary N) is 1. The van der Waals surface area contributed by atoms with Gasteiger partial charge >= 0.3 is 0 Å². The minimum Gasteiger partial charge on any atom is -0.370 e. The summed E-state index contributed by atoms with van der Waals surface area (Å²) in [7, 11) is 2.21. The van der Waals surface area contributed by atoms with Gasteiger partial charge in [-0.25, -0.2) is 0 Å². The van der Waals surface area contributed by atoms with Gasteiger partial charge in [0, 0.05) is 35.2 Å². The molecule has 0 bridgehead atoms. The number of ether oxygens (including phenoxy) is 1. The van der Waals surface area contributed by atoms with Gasteiger partial charge in [0.25, 0.3) is 0 Å². The Kier molecular flexibility index (Phi) is 1.90. The van der Waals surface area contributed by atoms with Crippen molar-refractivity contribution in [2.24, 2.45) is 0 Å². The van der Waals surface area contributed by atoms with E-state index in [0.29, 0.717) is 6.04 Å². The van der Waals surface area contributed by atoms with Crippen LogP contribution in [0.4, 0.5) is 0 Å². The highest BCUT2D eigenvalue weighted by molar-refractivity contribution is 5.88. The number of aromatic nitrogens is 1. The molecule has 1 aromatic heterocycles. The number of likely N-dealkylation sites (N-methyl/N-ethyl adjacent to an activating group) is 1. The molecular formula is C14H16N2O. The van der Waals surface area contributed by atoms with E-state index in [1.54, 1.807) is 0 Å². The minimum atomic E-state index is 0.248. The highest BCUT2D eigenvalue weighted by atomic mass is 16.5. The number of H-pyrrole nitrogens is 1. The van der Waals surface area contributed by atoms with Gasteiger partial charge in [-0.1, -0.05) is 12.1 Å². The predicted octanol–water partition coefficient (Wildman–Crippen LogP) is 2.10. The Labute approximate surface area is 100 Å². The smallest absolute Gasteiger partial charge is 0.100 e. The van der Waals surface area contributed by atoms with E-state index < -0.39 is 0 Å². The quantitative estimate of drug-likeness (QED) is 0.748. The zero-order chi connectivity index (χ0) is 11.4. The summed E-state index contributed by atoms with van der Waals surface area (Å²) in [6.07, 6.45) is 3.48. The lowest BCUT2D eigenvalue weighted by Crippen LogP contribution is -2.47. The molecule has 1 aliphatic heterocycles. The third kappa shape index (κ3) is 1.24. The van der Waals surface area contributed by atoms with Gasteiger partial charge < -0.3 is 9.72 Å². The zero-order valence-electron chi connectivity index (χ0n) is 9.94. The van der Waals surface area contributed by atoms with E-state index >= 15 is 0 Å². The van der Waals surface area contributed by atoms with Gasteiger partial charge in [0.15, 0.2) is 0 Å². The van der Waals surface area contributed by atoms with Crippen molar-refractivity contribution in [1.82, 2.24) is 9.88 Å². The average molecular weight is 228 g/mol. The predicted molar refractivity (Wildman–Crippen MR) is 67.1 cm³/mol. The van der Waals surface area contributed by atoms with Gasteiger partial charge in [0.1, 0.15) is 6.10 Å². The molecule has 0 unspecified atom stereocenters. The molecule has 1 saturated heterocycles. The van der Waals surface area contributed by atoms with Crippen molar-refractivity contribution in [3.05, 3.63) is 35.5 Å². The number of rotatable bonds is 0. The third-order valence-electron chi connectivity index (χ3n) is 4.22. The molecule has 2 aromatic rings. The lowest BCUT2D eigenvalue weighted by molar-refractivity contribution is -0.0643. The van der Waals surface area contributed by atoms with E-state index in [4.69, 9.17) is 4.74 Å². The van der Waals surface area contributed by atoms with Gasteiger partial charge in [0.05, 0.1) is 6.61 Å². The maximum Gasteiger partial charge on any atom is 0.100 e. The van der Waals surface area contributed by atoms with Crippen molar-refractivity contribution < 1.29 is 4.74 Å². The van der Waals surface area contributed by atoms with Crippen molar-refractivity contribution in [3.8, 4) is 0 Å². The Bertz CT molecular complexity index is 575. The molecule has 0 spiro atoms. The monoisotopic (exact) mass is 228 g/mol. The van der Waals surface area contributed by atoms with E-state index in [1.165, 1.54) is 22.0 Å². The van der Waals surface area contributed by atoms with Gasteiger partial charge in [-0.3, -0.25) is 4.90 Å². The number of aromatic amines is 1. The summed E-state index contributed by atoms with van der Waals surface area (Å²) in [4.78, 5) is 5.80. The van der Waals surface area contributed by atoms with Crippen LogP contribution in [-0.4, -0.2) is 36.1 Å². The highest BCUT2D eigenvalue weighted by Gasteiger charge is 2.36. The van der Waals surface area contributed by atoms with Crippen LogP contribution in [0.1, 0.15) is 17.2 Å². The van der Waals surface area contributed by atoms with E-state index in [2.05, 4.69) is 41.3 Å². The Morgan fingerprint density at radius 1 is 1.41 bits per heavy atom. The molecule has 3 nitrogen and oxygen atoms in total. The van der Waals surface area contributed by atoms with E-state index in [1.807, 2.05) is 0 Å². The van der Waals surface area contributed by atoms with Crippen LogP contribution in [0.15, 0.2) is 24.4 Å². The van der Waals surface area contributed by atoms with Crippen LogP contribution < -0.4 is 0 Å². The lowest BCUT2D eigenvalue weighted by atomic mass is 9.85. The van der Waals surface area contributed by atoms with Gasteiger partial charge in [-0.2, -0.15) is 0 Å². The molecule has 4 rings (SSSR count). The van der Waals surface area contributed by atoms with Crippen LogP contribution in [-0.2, 0) is 11.2 Å². The van der Waals surface area contributed by atoms with Gasteiger partial charge in [-0.05, 0) is 25.1 Å². The number of hydrogen-bond donors (Lipinski definition) is 1. The number of morpholine rings is 1. The first-order valence-corrected chi connectivity index (χ1v) is 6.25. The maximum atomic E-state index is 6.00. The molecule has 1 aromatic carbocycles. The summed E-state index contributed by atoms with van der Waals surface area (Å²) >= 11 is 0. The van der Waals surface area contributed by atoms with Crippen molar-refractivity contribution >= 4 is 10.9 Å². The summed E-state index contributed by atoms with van der Waals surface area (Å²) in [5, 5.41) is 1.39. The summed E-state index contributed by atoms with van der Waals surface area (Å²) in [6.45, 7) is 1.88. The number of benzene rings is 1. The van der Waals surface area contributed by atoms with Gasteiger partial charge in [0.2, 0.25) is 0 Å². The Balaban J connectivity index is 1.94. The fourth-order valence-corrected chi connectivity index (χ4v) is 3.30. The molecule has 1 aliphatic carbocycles. The first-order chi connectivity index (χ1) is 8.34. The second kappa shape index (κ2) is 3.34. The summed E-state index contributed by atoms with van der Waals surface area (Å²) < 4.78 is 6.00. The van der Waals surface area contributed by atoms with Crippen molar-refractivity contribution in [2.45, 2.75) is 18.6 Å². The van der Waals surface area contributed by atoms with E-state index in [-0.39, 0.29) is 6.10 Å². The highest BCUT2D eigenvalue weighted by Crippen LogP contribution is 2.40. The first-order valence-electron chi connectivity index (χ1n) is 6.25. The SMILES string of the molecule is CN1CCO[C@@H]2c3c[nH]c4cccc(c34)C[C@H]21. The molecule has 88 valence electrons. The van der Waals surface area contributed by atoms with E-state index in [0.717, 1.165) is 19.6 Å². The van der Waals surface area contributed by atoms with Crippen LogP contribution in [0.25, 0.3) is 10.9 Å². The van der Waals surface area contributed by atoms with Crippen LogP contribution in [0, 0.1) is 0 Å². The fourth-order valence-electron chi connectivity index (χ4n) is 3.30. The third-order valence-corrected chi connectivity index (χ3v) is 4.22. The molecule has 1 N–H and O–H groups in total. The molecule has 2 atom stereocenters. The molecule has 1 fully saturated rings. The topological polar surface area (TPSA) is 28.3 Å². The molecule has 3 heteroatoms. The van der Waals surface area contributed by atoms with Crippen molar-refractivity contribution in [1.29, 1.82) is 0 Å². The molecule has 0 amide bonds. The molecule has 2 heterocycles. The minimum absolute atomic E-state index is 0.248. The Hall–Kier alpha value is -1.32. The summed E-state index contributed by atoms with van der Waals surface area (Å²) in [5.41, 5.74) is 4.04. The zero-order valence-corrected chi connectivity index (χ0v) is 9.94.